The van der Waals surface area contributed by atoms with E-state index in [1.807, 2.05) is 37.3 Å². The molecule has 162 valence electrons. The Balaban J connectivity index is 1.39. The van der Waals surface area contributed by atoms with Gasteiger partial charge in [0.2, 0.25) is 5.91 Å². The predicted octanol–water partition coefficient (Wildman–Crippen LogP) is 5.47. The van der Waals surface area contributed by atoms with E-state index in [1.54, 1.807) is 18.2 Å². The molecule has 1 saturated carbocycles. The number of aldehydes is 1. The van der Waals surface area contributed by atoms with Gasteiger partial charge in [-0.2, -0.15) is 0 Å². The second-order valence-electron chi connectivity index (χ2n) is 8.13. The number of hydrogen-bond acceptors (Lipinski definition) is 4. The van der Waals surface area contributed by atoms with E-state index in [0.29, 0.717) is 29.7 Å². The molecule has 5 nitrogen and oxygen atoms in total. The summed E-state index contributed by atoms with van der Waals surface area (Å²) in [6.45, 7) is 1.97. The summed E-state index contributed by atoms with van der Waals surface area (Å²) in [4.78, 5) is 24.1. The van der Waals surface area contributed by atoms with Crippen molar-refractivity contribution < 1.29 is 27.8 Å². The first kappa shape index (κ1) is 20.2. The first-order valence-corrected chi connectivity index (χ1v) is 10.2. The van der Waals surface area contributed by atoms with Gasteiger partial charge in [0.05, 0.1) is 5.41 Å². The molecule has 0 radical (unpaired) electrons. The van der Waals surface area contributed by atoms with Crippen molar-refractivity contribution in [3.63, 3.8) is 0 Å². The minimum Gasteiger partial charge on any atom is -0.395 e. The van der Waals surface area contributed by atoms with Crippen LogP contribution >= 0.6 is 0 Å². The lowest BCUT2D eigenvalue weighted by Gasteiger charge is -2.17. The molecule has 32 heavy (non-hydrogen) atoms. The van der Waals surface area contributed by atoms with Gasteiger partial charge in [-0.1, -0.05) is 36.4 Å². The number of carbonyl (C=O) groups excluding carboxylic acids is 2. The molecular weight excluding hydrogens is 416 g/mol. The fraction of sp³-hybridized carbons (Fsp3) is 0.200. The number of amides is 1. The van der Waals surface area contributed by atoms with Crippen molar-refractivity contribution in [3.05, 3.63) is 77.4 Å². The molecule has 2 aliphatic rings. The van der Waals surface area contributed by atoms with Crippen LogP contribution in [0.1, 0.15) is 34.3 Å². The van der Waals surface area contributed by atoms with Crippen LogP contribution in [0.15, 0.2) is 60.7 Å². The molecular formula is C25H19F2NO4. The van der Waals surface area contributed by atoms with Gasteiger partial charge in [-0.05, 0) is 66.3 Å². The van der Waals surface area contributed by atoms with Crippen LogP contribution in [0.25, 0.3) is 11.1 Å². The zero-order valence-corrected chi connectivity index (χ0v) is 17.2. The summed E-state index contributed by atoms with van der Waals surface area (Å²) in [5.41, 5.74) is 3.96. The van der Waals surface area contributed by atoms with Crippen LogP contribution in [-0.4, -0.2) is 18.5 Å². The number of carbonyl (C=O) groups is 2. The van der Waals surface area contributed by atoms with Gasteiger partial charge in [0, 0.05) is 11.3 Å². The van der Waals surface area contributed by atoms with E-state index in [9.17, 15) is 18.4 Å². The van der Waals surface area contributed by atoms with Gasteiger partial charge in [0.25, 0.3) is 0 Å². The normalized spacial score (nSPS) is 17.0. The van der Waals surface area contributed by atoms with Crippen LogP contribution in [-0.2, 0) is 10.2 Å². The number of halogens is 2. The SMILES string of the molecule is Cc1ccc(NC(=O)C2(c3ccc4c(c3)OC(F)(F)O4)CC2)cc1-c1ccc(C=O)cc1. The minimum absolute atomic E-state index is 0.0428. The Morgan fingerprint density at radius 3 is 2.38 bits per heavy atom. The van der Waals surface area contributed by atoms with E-state index in [2.05, 4.69) is 14.8 Å². The number of fused-ring (bicyclic) bond motifs is 1. The highest BCUT2D eigenvalue weighted by atomic mass is 19.3. The van der Waals surface area contributed by atoms with Crippen LogP contribution in [0, 0.1) is 6.92 Å². The second kappa shape index (κ2) is 7.15. The van der Waals surface area contributed by atoms with Gasteiger partial charge in [-0.15, -0.1) is 8.78 Å². The third-order valence-electron chi connectivity index (χ3n) is 5.99. The number of benzene rings is 3. The van der Waals surface area contributed by atoms with Crippen molar-refractivity contribution in [2.24, 2.45) is 0 Å². The fourth-order valence-corrected chi connectivity index (χ4v) is 4.02. The summed E-state index contributed by atoms with van der Waals surface area (Å²) in [5, 5.41) is 2.97. The zero-order chi connectivity index (χ0) is 22.5. The Morgan fingerprint density at radius 2 is 1.69 bits per heavy atom. The third-order valence-corrected chi connectivity index (χ3v) is 5.99. The first-order chi connectivity index (χ1) is 15.3. The average molecular weight is 435 g/mol. The van der Waals surface area contributed by atoms with E-state index in [1.165, 1.54) is 12.1 Å². The highest BCUT2D eigenvalue weighted by Crippen LogP contribution is 2.52. The Hall–Kier alpha value is -3.74. The summed E-state index contributed by atoms with van der Waals surface area (Å²) in [5.74, 6) is -0.309. The number of anilines is 1. The largest absolute Gasteiger partial charge is 0.586 e. The molecule has 0 saturated heterocycles. The molecule has 0 bridgehead atoms. The first-order valence-electron chi connectivity index (χ1n) is 10.2. The molecule has 1 aliphatic carbocycles. The molecule has 3 aromatic rings. The van der Waals surface area contributed by atoms with E-state index in [4.69, 9.17) is 0 Å². The van der Waals surface area contributed by atoms with Crippen molar-refractivity contribution in [1.82, 2.24) is 0 Å². The quantitative estimate of drug-likeness (QED) is 0.540. The average Bonchev–Trinajstić information content (AvgIpc) is 3.52. The topological polar surface area (TPSA) is 64.6 Å². The standard InChI is InChI=1S/C25H19F2NO4/c1-15-2-8-19(13-20(15)17-5-3-16(14-29)4-6-17)28-23(30)24(10-11-24)18-7-9-21-22(12-18)32-25(26,27)31-21/h2-9,12-14H,10-11H2,1H3,(H,28,30). The lowest BCUT2D eigenvalue weighted by Crippen LogP contribution is -2.28. The Morgan fingerprint density at radius 1 is 0.969 bits per heavy atom. The van der Waals surface area contributed by atoms with Crippen molar-refractivity contribution in [3.8, 4) is 22.6 Å². The molecule has 1 fully saturated rings. The van der Waals surface area contributed by atoms with Crippen LogP contribution in [0.2, 0.25) is 0 Å². The molecule has 1 aliphatic heterocycles. The van der Waals surface area contributed by atoms with Gasteiger partial charge in [0.15, 0.2) is 11.5 Å². The van der Waals surface area contributed by atoms with Crippen molar-refractivity contribution >= 4 is 17.9 Å². The maximum atomic E-state index is 13.3. The number of rotatable bonds is 5. The maximum absolute atomic E-state index is 13.3. The maximum Gasteiger partial charge on any atom is 0.586 e. The Labute approximate surface area is 183 Å². The van der Waals surface area contributed by atoms with Crippen molar-refractivity contribution in [2.45, 2.75) is 31.5 Å². The van der Waals surface area contributed by atoms with Crippen LogP contribution in [0.4, 0.5) is 14.5 Å². The molecule has 0 atom stereocenters. The molecule has 5 rings (SSSR count). The van der Waals surface area contributed by atoms with E-state index in [-0.39, 0.29) is 17.4 Å². The Bertz CT molecular complexity index is 1230. The summed E-state index contributed by atoms with van der Waals surface area (Å²) in [6.07, 6.45) is -1.68. The van der Waals surface area contributed by atoms with Crippen molar-refractivity contribution in [1.29, 1.82) is 0 Å². The number of alkyl halides is 2. The molecule has 0 spiro atoms. The zero-order valence-electron chi connectivity index (χ0n) is 17.2. The lowest BCUT2D eigenvalue weighted by molar-refractivity contribution is -0.286. The number of nitrogens with one attached hydrogen (secondary N) is 1. The van der Waals surface area contributed by atoms with Gasteiger partial charge >= 0.3 is 6.29 Å². The number of hydrogen-bond donors (Lipinski definition) is 1. The second-order valence-corrected chi connectivity index (χ2v) is 8.13. The van der Waals surface area contributed by atoms with Crippen LogP contribution in [0.3, 0.4) is 0 Å². The Kier molecular flexibility index (Phi) is 4.51. The number of aryl methyl sites for hydroxylation is 1. The van der Waals surface area contributed by atoms with Gasteiger partial charge in [-0.25, -0.2) is 0 Å². The molecule has 1 N–H and O–H groups in total. The van der Waals surface area contributed by atoms with Gasteiger partial charge in [0.1, 0.15) is 6.29 Å². The monoisotopic (exact) mass is 435 g/mol. The molecule has 7 heteroatoms. The third kappa shape index (κ3) is 3.49. The van der Waals surface area contributed by atoms with Gasteiger partial charge in [-0.3, -0.25) is 9.59 Å². The molecule has 1 heterocycles. The van der Waals surface area contributed by atoms with Crippen LogP contribution in [0.5, 0.6) is 11.5 Å². The smallest absolute Gasteiger partial charge is 0.395 e. The summed E-state index contributed by atoms with van der Waals surface area (Å²) in [7, 11) is 0. The predicted molar refractivity (Wildman–Crippen MR) is 114 cm³/mol. The molecule has 3 aromatic carbocycles. The summed E-state index contributed by atoms with van der Waals surface area (Å²) >= 11 is 0. The van der Waals surface area contributed by atoms with Gasteiger partial charge < -0.3 is 14.8 Å². The molecule has 1 amide bonds. The molecule has 0 unspecified atom stereocenters. The van der Waals surface area contributed by atoms with E-state index in [0.717, 1.165) is 23.0 Å². The van der Waals surface area contributed by atoms with Crippen LogP contribution < -0.4 is 14.8 Å². The minimum atomic E-state index is -3.69. The summed E-state index contributed by atoms with van der Waals surface area (Å²) in [6, 6.07) is 17.3. The number of ether oxygens (including phenoxy) is 2. The van der Waals surface area contributed by atoms with E-state index >= 15 is 0 Å². The fourth-order valence-electron chi connectivity index (χ4n) is 4.02. The highest BCUT2D eigenvalue weighted by Gasteiger charge is 2.52. The lowest BCUT2D eigenvalue weighted by atomic mass is 9.94. The summed E-state index contributed by atoms with van der Waals surface area (Å²) < 4.78 is 35.7. The van der Waals surface area contributed by atoms with E-state index < -0.39 is 11.7 Å². The molecule has 0 aromatic heterocycles. The highest BCUT2D eigenvalue weighted by molar-refractivity contribution is 6.02. The van der Waals surface area contributed by atoms with Crippen molar-refractivity contribution in [2.75, 3.05) is 5.32 Å².